The second-order valence-corrected chi connectivity index (χ2v) is 4.80. The van der Waals surface area contributed by atoms with E-state index in [-0.39, 0.29) is 6.04 Å². The van der Waals surface area contributed by atoms with Gasteiger partial charge < -0.3 is 4.74 Å². The van der Waals surface area contributed by atoms with E-state index in [1.165, 1.54) is 5.56 Å². The number of methoxy groups -OCH3 is 1. The van der Waals surface area contributed by atoms with Crippen LogP contribution in [0.2, 0.25) is 0 Å². The fourth-order valence-electron chi connectivity index (χ4n) is 2.38. The lowest BCUT2D eigenvalue weighted by Crippen LogP contribution is -2.31. The molecule has 1 aromatic carbocycles. The Labute approximate surface area is 119 Å². The van der Waals surface area contributed by atoms with Gasteiger partial charge in [-0.25, -0.2) is 0 Å². The molecule has 1 aromatic heterocycles. The number of aromatic nitrogens is 2. The van der Waals surface area contributed by atoms with Crippen LogP contribution in [0.15, 0.2) is 30.3 Å². The Balaban J connectivity index is 2.23. The van der Waals surface area contributed by atoms with Crippen LogP contribution < -0.4 is 16.0 Å². The highest BCUT2D eigenvalue weighted by Crippen LogP contribution is 2.21. The van der Waals surface area contributed by atoms with E-state index < -0.39 is 0 Å². The minimum atomic E-state index is 0.0308. The molecule has 2 aromatic rings. The second kappa shape index (κ2) is 6.54. The summed E-state index contributed by atoms with van der Waals surface area (Å²) in [5, 5.41) is 4.47. The Morgan fingerprint density at radius 3 is 2.85 bits per heavy atom. The van der Waals surface area contributed by atoms with Crippen LogP contribution in [0.4, 0.5) is 0 Å². The number of rotatable bonds is 6. The van der Waals surface area contributed by atoms with Crippen LogP contribution >= 0.6 is 0 Å². The summed E-state index contributed by atoms with van der Waals surface area (Å²) >= 11 is 0. The van der Waals surface area contributed by atoms with Crippen molar-refractivity contribution in [2.24, 2.45) is 5.84 Å². The Hall–Kier alpha value is -1.85. The fourth-order valence-corrected chi connectivity index (χ4v) is 2.38. The molecule has 0 saturated heterocycles. The number of nitrogens with one attached hydrogen (secondary N) is 1. The maximum absolute atomic E-state index is 5.73. The molecule has 0 radical (unpaired) electrons. The Bertz CT molecular complexity index is 565. The van der Waals surface area contributed by atoms with Crippen molar-refractivity contribution in [1.82, 2.24) is 15.2 Å². The van der Waals surface area contributed by atoms with E-state index in [4.69, 9.17) is 10.6 Å². The molecule has 0 spiro atoms. The van der Waals surface area contributed by atoms with Gasteiger partial charge in [-0.1, -0.05) is 12.1 Å². The molecule has 1 heterocycles. The van der Waals surface area contributed by atoms with E-state index in [2.05, 4.69) is 29.6 Å². The van der Waals surface area contributed by atoms with E-state index in [1.807, 2.05) is 29.8 Å². The molecular formula is C15H22N4O. The molecule has 0 aliphatic rings. The molecule has 108 valence electrons. The fraction of sp³-hybridized carbons (Fsp3) is 0.400. The topological polar surface area (TPSA) is 65.1 Å². The number of nitrogens with two attached hydrogens (primary N) is 1. The quantitative estimate of drug-likeness (QED) is 0.624. The first-order valence-corrected chi connectivity index (χ1v) is 6.81. The smallest absolute Gasteiger partial charge is 0.119 e. The van der Waals surface area contributed by atoms with Gasteiger partial charge >= 0.3 is 0 Å². The number of hydrogen-bond donors (Lipinski definition) is 2. The number of hydrazine groups is 1. The third-order valence-electron chi connectivity index (χ3n) is 3.36. The minimum absolute atomic E-state index is 0.0308. The van der Waals surface area contributed by atoms with Crippen molar-refractivity contribution in [2.45, 2.75) is 32.9 Å². The van der Waals surface area contributed by atoms with Crippen LogP contribution in [0.25, 0.3) is 0 Å². The Morgan fingerprint density at radius 2 is 2.20 bits per heavy atom. The predicted octanol–water partition coefficient (Wildman–Crippen LogP) is 1.97. The van der Waals surface area contributed by atoms with Crippen molar-refractivity contribution in [3.8, 4) is 5.75 Å². The molecular weight excluding hydrogens is 252 g/mol. The zero-order valence-corrected chi connectivity index (χ0v) is 12.3. The summed E-state index contributed by atoms with van der Waals surface area (Å²) in [6.07, 6.45) is 0.791. The van der Waals surface area contributed by atoms with Gasteiger partial charge in [0.15, 0.2) is 0 Å². The van der Waals surface area contributed by atoms with E-state index in [9.17, 15) is 0 Å². The molecule has 2 rings (SSSR count). The summed E-state index contributed by atoms with van der Waals surface area (Å²) in [4.78, 5) is 0. The Kier molecular flexibility index (Phi) is 4.76. The molecule has 0 aliphatic heterocycles. The first-order chi connectivity index (χ1) is 9.67. The molecule has 0 fully saturated rings. The monoisotopic (exact) mass is 274 g/mol. The lowest BCUT2D eigenvalue weighted by Gasteiger charge is -2.17. The van der Waals surface area contributed by atoms with Crippen LogP contribution in [-0.4, -0.2) is 16.9 Å². The van der Waals surface area contributed by atoms with E-state index in [0.29, 0.717) is 0 Å². The van der Waals surface area contributed by atoms with Crippen molar-refractivity contribution in [3.63, 3.8) is 0 Å². The number of aryl methyl sites for hydroxylation is 2. The lowest BCUT2D eigenvalue weighted by molar-refractivity contribution is 0.413. The van der Waals surface area contributed by atoms with Gasteiger partial charge in [0.1, 0.15) is 5.75 Å². The van der Waals surface area contributed by atoms with Crippen LogP contribution in [0.3, 0.4) is 0 Å². The van der Waals surface area contributed by atoms with Crippen LogP contribution in [-0.2, 0) is 13.0 Å². The van der Waals surface area contributed by atoms with E-state index in [0.717, 1.165) is 30.1 Å². The van der Waals surface area contributed by atoms with Gasteiger partial charge in [0.25, 0.3) is 0 Å². The summed E-state index contributed by atoms with van der Waals surface area (Å²) in [6, 6.07) is 10.1. The number of hydrogen-bond acceptors (Lipinski definition) is 4. The summed E-state index contributed by atoms with van der Waals surface area (Å²) < 4.78 is 7.24. The predicted molar refractivity (Wildman–Crippen MR) is 79.4 cm³/mol. The van der Waals surface area contributed by atoms with Crippen molar-refractivity contribution in [2.75, 3.05) is 7.11 Å². The molecule has 1 unspecified atom stereocenters. The van der Waals surface area contributed by atoms with Crippen LogP contribution in [0, 0.1) is 6.92 Å². The second-order valence-electron chi connectivity index (χ2n) is 4.80. The van der Waals surface area contributed by atoms with Gasteiger partial charge in [-0.3, -0.25) is 16.0 Å². The molecule has 0 bridgehead atoms. The maximum Gasteiger partial charge on any atom is 0.119 e. The largest absolute Gasteiger partial charge is 0.497 e. The van der Waals surface area contributed by atoms with Gasteiger partial charge in [0.05, 0.1) is 24.5 Å². The SMILES string of the molecule is CCn1nc(C)cc1C(Cc1cccc(OC)c1)NN. The van der Waals surface area contributed by atoms with Gasteiger partial charge in [0.2, 0.25) is 0 Å². The molecule has 0 aliphatic carbocycles. The highest BCUT2D eigenvalue weighted by Gasteiger charge is 2.16. The molecule has 5 nitrogen and oxygen atoms in total. The third kappa shape index (κ3) is 3.18. The zero-order chi connectivity index (χ0) is 14.5. The summed E-state index contributed by atoms with van der Waals surface area (Å²) in [5.41, 5.74) is 6.18. The van der Waals surface area contributed by atoms with Gasteiger partial charge in [-0.05, 0) is 44.0 Å². The molecule has 0 saturated carbocycles. The molecule has 20 heavy (non-hydrogen) atoms. The summed E-state index contributed by atoms with van der Waals surface area (Å²) in [6.45, 7) is 4.91. The lowest BCUT2D eigenvalue weighted by atomic mass is 10.0. The average Bonchev–Trinajstić information content (AvgIpc) is 2.86. The summed E-state index contributed by atoms with van der Waals surface area (Å²) in [7, 11) is 1.67. The van der Waals surface area contributed by atoms with Crippen LogP contribution in [0.1, 0.15) is 29.9 Å². The van der Waals surface area contributed by atoms with Gasteiger partial charge in [0, 0.05) is 6.54 Å². The standard InChI is InChI=1S/C15H22N4O/c1-4-19-15(8-11(2)18-19)14(17-16)10-12-6-5-7-13(9-12)20-3/h5-9,14,17H,4,10,16H2,1-3H3. The number of nitrogens with zero attached hydrogens (tertiary/aromatic N) is 2. The first-order valence-electron chi connectivity index (χ1n) is 6.81. The zero-order valence-electron chi connectivity index (χ0n) is 12.3. The van der Waals surface area contributed by atoms with Crippen molar-refractivity contribution in [3.05, 3.63) is 47.3 Å². The van der Waals surface area contributed by atoms with Gasteiger partial charge in [-0.2, -0.15) is 5.10 Å². The number of ether oxygens (including phenoxy) is 1. The highest BCUT2D eigenvalue weighted by molar-refractivity contribution is 5.30. The van der Waals surface area contributed by atoms with Crippen molar-refractivity contribution >= 4 is 0 Å². The van der Waals surface area contributed by atoms with E-state index in [1.54, 1.807) is 7.11 Å². The molecule has 1 atom stereocenters. The molecule has 5 heteroatoms. The molecule has 0 amide bonds. The van der Waals surface area contributed by atoms with Gasteiger partial charge in [-0.15, -0.1) is 0 Å². The van der Waals surface area contributed by atoms with Crippen molar-refractivity contribution < 1.29 is 4.74 Å². The normalized spacial score (nSPS) is 12.4. The minimum Gasteiger partial charge on any atom is -0.497 e. The van der Waals surface area contributed by atoms with Crippen molar-refractivity contribution in [1.29, 1.82) is 0 Å². The third-order valence-corrected chi connectivity index (χ3v) is 3.36. The number of benzene rings is 1. The average molecular weight is 274 g/mol. The summed E-state index contributed by atoms with van der Waals surface area (Å²) in [5.74, 6) is 6.59. The van der Waals surface area contributed by atoms with E-state index >= 15 is 0 Å². The molecule has 3 N–H and O–H groups in total. The first kappa shape index (κ1) is 14.6. The highest BCUT2D eigenvalue weighted by atomic mass is 16.5. The Morgan fingerprint density at radius 1 is 1.40 bits per heavy atom. The maximum atomic E-state index is 5.73. The van der Waals surface area contributed by atoms with Crippen LogP contribution in [0.5, 0.6) is 5.75 Å².